The Balaban J connectivity index is 1.83. The van der Waals surface area contributed by atoms with Gasteiger partial charge >= 0.3 is 0 Å². The third-order valence-electron chi connectivity index (χ3n) is 3.98. The lowest BCUT2D eigenvalue weighted by atomic mass is 9.87. The molecule has 6 heteroatoms. The first kappa shape index (κ1) is 19.0. The van der Waals surface area contributed by atoms with Gasteiger partial charge in [0.1, 0.15) is 18.4 Å². The molecule has 0 fully saturated rings. The minimum Gasteiger partial charge on any atom is -0.492 e. The molecule has 1 unspecified atom stereocenters. The van der Waals surface area contributed by atoms with Crippen LogP contribution in [0.5, 0.6) is 5.75 Å². The zero-order valence-electron chi connectivity index (χ0n) is 15.7. The van der Waals surface area contributed by atoms with Crippen LogP contribution in [0.1, 0.15) is 37.9 Å². The van der Waals surface area contributed by atoms with Crippen LogP contribution >= 0.6 is 0 Å². The van der Waals surface area contributed by atoms with E-state index in [4.69, 9.17) is 4.74 Å². The summed E-state index contributed by atoms with van der Waals surface area (Å²) in [6.07, 6.45) is 3.52. The number of aromatic nitrogens is 2. The second kappa shape index (κ2) is 8.16. The zero-order chi connectivity index (χ0) is 18.4. The smallest absolute Gasteiger partial charge is 0.241 e. The second-order valence-electron chi connectivity index (χ2n) is 7.09. The molecule has 0 saturated heterocycles. The van der Waals surface area contributed by atoms with Crippen LogP contribution in [-0.2, 0) is 17.3 Å². The van der Waals surface area contributed by atoms with E-state index in [-0.39, 0.29) is 11.3 Å². The third kappa shape index (κ3) is 5.32. The number of carbonyl (C=O) groups excluding carboxylic acids is 1. The number of likely N-dealkylation sites (N-methyl/N-ethyl adjacent to an activating group) is 1. The van der Waals surface area contributed by atoms with Crippen molar-refractivity contribution in [1.82, 2.24) is 20.4 Å². The van der Waals surface area contributed by atoms with Gasteiger partial charge in [0, 0.05) is 18.8 Å². The predicted octanol–water partition coefficient (Wildman–Crippen LogP) is 2.17. The number of amides is 1. The first-order valence-electron chi connectivity index (χ1n) is 8.48. The van der Waals surface area contributed by atoms with Gasteiger partial charge in [-0.05, 0) is 30.2 Å². The third-order valence-corrected chi connectivity index (χ3v) is 3.98. The molecule has 0 radical (unpaired) electrons. The molecule has 2 rings (SSSR count). The number of rotatable bonds is 7. The van der Waals surface area contributed by atoms with E-state index < -0.39 is 6.04 Å². The molecular formula is C19H28N4O2. The van der Waals surface area contributed by atoms with Crippen LogP contribution in [0.2, 0.25) is 0 Å². The fraction of sp³-hybridized carbons (Fsp3) is 0.474. The number of aryl methyl sites for hydroxylation is 1. The molecule has 0 saturated carbocycles. The highest BCUT2D eigenvalue weighted by molar-refractivity contribution is 5.82. The maximum atomic E-state index is 12.3. The lowest BCUT2D eigenvalue weighted by molar-refractivity contribution is -0.123. The number of hydrogen-bond acceptors (Lipinski definition) is 4. The summed E-state index contributed by atoms with van der Waals surface area (Å²) < 4.78 is 7.44. The summed E-state index contributed by atoms with van der Waals surface area (Å²) in [5, 5.41) is 10.0. The summed E-state index contributed by atoms with van der Waals surface area (Å²) >= 11 is 0. The Morgan fingerprint density at radius 3 is 2.72 bits per heavy atom. The maximum Gasteiger partial charge on any atom is 0.241 e. The van der Waals surface area contributed by atoms with Crippen molar-refractivity contribution in [2.75, 3.05) is 20.2 Å². The van der Waals surface area contributed by atoms with Gasteiger partial charge < -0.3 is 15.4 Å². The molecule has 0 aliphatic rings. The molecule has 0 spiro atoms. The Labute approximate surface area is 149 Å². The lowest BCUT2D eigenvalue weighted by Crippen LogP contribution is -2.37. The van der Waals surface area contributed by atoms with Crippen LogP contribution in [0.25, 0.3) is 0 Å². The molecular weight excluding hydrogens is 316 g/mol. The minimum absolute atomic E-state index is 0.0807. The van der Waals surface area contributed by atoms with E-state index in [9.17, 15) is 4.79 Å². The summed E-state index contributed by atoms with van der Waals surface area (Å²) in [5.74, 6) is 0.724. The highest BCUT2D eigenvalue weighted by Gasteiger charge is 2.19. The SMILES string of the molecule is CNC(C(=O)NCCOc1cccc(C(C)(C)C)c1)c1cnn(C)c1. The molecule has 0 bridgehead atoms. The van der Waals surface area contributed by atoms with Crippen molar-refractivity contribution in [3.8, 4) is 5.75 Å². The zero-order valence-corrected chi connectivity index (χ0v) is 15.7. The van der Waals surface area contributed by atoms with Gasteiger partial charge in [0.05, 0.1) is 12.7 Å². The topological polar surface area (TPSA) is 68.2 Å². The van der Waals surface area contributed by atoms with Crippen molar-refractivity contribution in [3.05, 3.63) is 47.8 Å². The molecule has 2 N–H and O–H groups in total. The van der Waals surface area contributed by atoms with E-state index in [0.717, 1.165) is 11.3 Å². The van der Waals surface area contributed by atoms with Gasteiger partial charge in [-0.3, -0.25) is 9.48 Å². The van der Waals surface area contributed by atoms with Crippen molar-refractivity contribution >= 4 is 5.91 Å². The quantitative estimate of drug-likeness (QED) is 0.756. The van der Waals surface area contributed by atoms with Crippen molar-refractivity contribution in [2.24, 2.45) is 7.05 Å². The van der Waals surface area contributed by atoms with Gasteiger partial charge in [-0.15, -0.1) is 0 Å². The fourth-order valence-corrected chi connectivity index (χ4v) is 2.54. The van der Waals surface area contributed by atoms with Crippen LogP contribution in [-0.4, -0.2) is 35.9 Å². The molecule has 2 aromatic rings. The average Bonchev–Trinajstić information content (AvgIpc) is 2.98. The first-order valence-corrected chi connectivity index (χ1v) is 8.48. The van der Waals surface area contributed by atoms with Crippen molar-refractivity contribution in [3.63, 3.8) is 0 Å². The molecule has 25 heavy (non-hydrogen) atoms. The van der Waals surface area contributed by atoms with E-state index in [0.29, 0.717) is 13.2 Å². The molecule has 6 nitrogen and oxygen atoms in total. The van der Waals surface area contributed by atoms with Gasteiger partial charge in [0.15, 0.2) is 0 Å². The number of nitrogens with zero attached hydrogens (tertiary/aromatic N) is 2. The number of ether oxygens (including phenoxy) is 1. The van der Waals surface area contributed by atoms with Gasteiger partial charge in [0.2, 0.25) is 5.91 Å². The van der Waals surface area contributed by atoms with Gasteiger partial charge in [-0.25, -0.2) is 0 Å². The Morgan fingerprint density at radius 2 is 2.12 bits per heavy atom. The van der Waals surface area contributed by atoms with Crippen molar-refractivity contribution in [1.29, 1.82) is 0 Å². The van der Waals surface area contributed by atoms with E-state index >= 15 is 0 Å². The number of nitrogens with one attached hydrogen (secondary N) is 2. The molecule has 1 heterocycles. The van der Waals surface area contributed by atoms with Crippen LogP contribution in [0.3, 0.4) is 0 Å². The number of benzene rings is 1. The van der Waals surface area contributed by atoms with E-state index in [1.165, 1.54) is 5.56 Å². The predicted molar refractivity (Wildman–Crippen MR) is 98.7 cm³/mol. The maximum absolute atomic E-state index is 12.3. The largest absolute Gasteiger partial charge is 0.492 e. The summed E-state index contributed by atoms with van der Waals surface area (Å²) in [7, 11) is 3.58. The lowest BCUT2D eigenvalue weighted by Gasteiger charge is -2.20. The van der Waals surface area contributed by atoms with Crippen LogP contribution < -0.4 is 15.4 Å². The minimum atomic E-state index is -0.419. The normalized spacial score (nSPS) is 12.7. The number of carbonyl (C=O) groups is 1. The van der Waals surface area contributed by atoms with Gasteiger partial charge in [0.25, 0.3) is 0 Å². The second-order valence-corrected chi connectivity index (χ2v) is 7.09. The van der Waals surface area contributed by atoms with Crippen LogP contribution in [0, 0.1) is 0 Å². The van der Waals surface area contributed by atoms with Gasteiger partial charge in [-0.1, -0.05) is 32.9 Å². The standard InChI is InChI=1S/C19H28N4O2/c1-19(2,3)15-7-6-8-16(11-15)25-10-9-21-18(24)17(20-4)14-12-22-23(5)13-14/h6-8,11-13,17,20H,9-10H2,1-5H3,(H,21,24). The molecule has 1 aromatic heterocycles. The van der Waals surface area contributed by atoms with Crippen molar-refractivity contribution < 1.29 is 9.53 Å². The molecule has 136 valence electrons. The summed E-state index contributed by atoms with van der Waals surface area (Å²) in [6.45, 7) is 7.37. The molecule has 1 atom stereocenters. The average molecular weight is 344 g/mol. The highest BCUT2D eigenvalue weighted by Crippen LogP contribution is 2.25. The molecule has 0 aliphatic heterocycles. The Hall–Kier alpha value is -2.34. The first-order chi connectivity index (χ1) is 11.8. The monoisotopic (exact) mass is 344 g/mol. The van der Waals surface area contributed by atoms with Crippen LogP contribution in [0.4, 0.5) is 0 Å². The number of hydrogen-bond donors (Lipinski definition) is 2. The summed E-state index contributed by atoms with van der Waals surface area (Å²) in [5.41, 5.74) is 2.14. The fourth-order valence-electron chi connectivity index (χ4n) is 2.54. The van der Waals surface area contributed by atoms with Crippen molar-refractivity contribution in [2.45, 2.75) is 32.2 Å². The van der Waals surface area contributed by atoms with E-state index in [1.54, 1.807) is 17.9 Å². The van der Waals surface area contributed by atoms with E-state index in [1.807, 2.05) is 31.4 Å². The Kier molecular flexibility index (Phi) is 6.20. The summed E-state index contributed by atoms with van der Waals surface area (Å²) in [4.78, 5) is 12.3. The molecule has 0 aliphatic carbocycles. The Morgan fingerprint density at radius 1 is 1.36 bits per heavy atom. The molecule has 1 amide bonds. The van der Waals surface area contributed by atoms with E-state index in [2.05, 4.69) is 42.6 Å². The van der Waals surface area contributed by atoms with Crippen LogP contribution in [0.15, 0.2) is 36.7 Å². The summed E-state index contributed by atoms with van der Waals surface area (Å²) in [6, 6.07) is 7.66. The highest BCUT2D eigenvalue weighted by atomic mass is 16.5. The molecule has 1 aromatic carbocycles. The van der Waals surface area contributed by atoms with Gasteiger partial charge in [-0.2, -0.15) is 5.10 Å². The Bertz CT molecular complexity index is 703.